The summed E-state index contributed by atoms with van der Waals surface area (Å²) in [6.07, 6.45) is 0. The van der Waals surface area contributed by atoms with Gasteiger partial charge in [-0.2, -0.15) is 10.5 Å². The molecule has 0 aliphatic heterocycles. The number of rotatable bonds is 2. The van der Waals surface area contributed by atoms with E-state index in [4.69, 9.17) is 10.5 Å². The van der Waals surface area contributed by atoms with Crippen LogP contribution in [-0.4, -0.2) is 0 Å². The lowest BCUT2D eigenvalue weighted by Gasteiger charge is -2.06. The van der Waals surface area contributed by atoms with Gasteiger partial charge in [0.1, 0.15) is 23.8 Å². The van der Waals surface area contributed by atoms with Gasteiger partial charge in [0.15, 0.2) is 0 Å². The first-order valence-electron chi connectivity index (χ1n) is 7.12. The van der Waals surface area contributed by atoms with E-state index in [1.807, 2.05) is 36.4 Å². The zero-order chi connectivity index (χ0) is 17.1. The first kappa shape index (κ1) is 15.4. The monoisotopic (exact) mass is 316 g/mol. The van der Waals surface area contributed by atoms with Gasteiger partial charge in [-0.3, -0.25) is 0 Å². The molecule has 0 aliphatic rings. The van der Waals surface area contributed by atoms with Crippen molar-refractivity contribution in [3.8, 4) is 34.4 Å². The van der Waals surface area contributed by atoms with Crippen molar-refractivity contribution in [2.24, 2.45) is 0 Å². The van der Waals surface area contributed by atoms with Gasteiger partial charge in [-0.05, 0) is 46.5 Å². The first-order chi connectivity index (χ1) is 11.6. The third-order valence-corrected chi connectivity index (χ3v) is 3.73. The summed E-state index contributed by atoms with van der Waals surface area (Å²) in [5.41, 5.74) is 3.12. The van der Waals surface area contributed by atoms with E-state index in [9.17, 15) is 8.78 Å². The Morgan fingerprint density at radius 1 is 0.542 bits per heavy atom. The van der Waals surface area contributed by atoms with E-state index in [2.05, 4.69) is 0 Å². The van der Waals surface area contributed by atoms with E-state index in [0.29, 0.717) is 0 Å². The molecule has 0 bridgehead atoms. The molecule has 0 spiro atoms. The highest BCUT2D eigenvalue weighted by Crippen LogP contribution is 2.27. The predicted molar refractivity (Wildman–Crippen MR) is 86.7 cm³/mol. The molecule has 0 saturated carbocycles. The Labute approximate surface area is 137 Å². The molecule has 0 radical (unpaired) electrons. The maximum Gasteiger partial charge on any atom is 0.140 e. The molecular formula is C20H10F2N2. The summed E-state index contributed by atoms with van der Waals surface area (Å²) < 4.78 is 26.8. The molecule has 24 heavy (non-hydrogen) atoms. The van der Waals surface area contributed by atoms with Crippen molar-refractivity contribution >= 4 is 0 Å². The number of nitrogens with zero attached hydrogens (tertiary/aromatic N) is 2. The van der Waals surface area contributed by atoms with E-state index in [0.717, 1.165) is 22.3 Å². The number of hydrogen-bond donors (Lipinski definition) is 0. The van der Waals surface area contributed by atoms with E-state index in [-0.39, 0.29) is 11.1 Å². The third-order valence-electron chi connectivity index (χ3n) is 3.73. The van der Waals surface area contributed by atoms with Gasteiger partial charge in [0.2, 0.25) is 0 Å². The highest BCUT2D eigenvalue weighted by atomic mass is 19.1. The Morgan fingerprint density at radius 3 is 1.21 bits per heavy atom. The van der Waals surface area contributed by atoms with Crippen LogP contribution < -0.4 is 0 Å². The van der Waals surface area contributed by atoms with Gasteiger partial charge >= 0.3 is 0 Å². The maximum absolute atomic E-state index is 13.4. The second kappa shape index (κ2) is 6.32. The number of hydrogen-bond acceptors (Lipinski definition) is 2. The van der Waals surface area contributed by atoms with Crippen LogP contribution in [0.1, 0.15) is 11.1 Å². The number of nitriles is 2. The van der Waals surface area contributed by atoms with Gasteiger partial charge in [0, 0.05) is 0 Å². The van der Waals surface area contributed by atoms with Crippen LogP contribution in [0.4, 0.5) is 8.78 Å². The summed E-state index contributed by atoms with van der Waals surface area (Å²) in [5, 5.41) is 17.8. The van der Waals surface area contributed by atoms with Crippen LogP contribution in [0, 0.1) is 34.3 Å². The predicted octanol–water partition coefficient (Wildman–Crippen LogP) is 5.04. The molecule has 3 rings (SSSR count). The lowest BCUT2D eigenvalue weighted by Crippen LogP contribution is -1.87. The summed E-state index contributed by atoms with van der Waals surface area (Å²) in [4.78, 5) is 0. The van der Waals surface area contributed by atoms with Gasteiger partial charge < -0.3 is 0 Å². The zero-order valence-electron chi connectivity index (χ0n) is 12.4. The molecular weight excluding hydrogens is 306 g/mol. The Balaban J connectivity index is 1.97. The van der Waals surface area contributed by atoms with E-state index < -0.39 is 11.6 Å². The highest BCUT2D eigenvalue weighted by Gasteiger charge is 2.07. The van der Waals surface area contributed by atoms with Gasteiger partial charge in [-0.15, -0.1) is 0 Å². The van der Waals surface area contributed by atoms with Gasteiger partial charge in [-0.1, -0.05) is 36.4 Å². The smallest absolute Gasteiger partial charge is 0.140 e. The quantitative estimate of drug-likeness (QED) is 0.665. The van der Waals surface area contributed by atoms with E-state index >= 15 is 0 Å². The standard InChI is InChI=1S/C20H10F2N2/c21-19-7-5-15(9-17(19)11-23)13-1-2-14(4-3-13)16-6-8-20(22)18(10-16)12-24/h1-10H. The second-order valence-corrected chi connectivity index (χ2v) is 5.19. The van der Waals surface area contributed by atoms with Crippen LogP contribution in [0.5, 0.6) is 0 Å². The highest BCUT2D eigenvalue weighted by molar-refractivity contribution is 5.71. The molecule has 0 amide bonds. The maximum atomic E-state index is 13.4. The van der Waals surface area contributed by atoms with Crippen molar-refractivity contribution in [2.75, 3.05) is 0 Å². The summed E-state index contributed by atoms with van der Waals surface area (Å²) in [5.74, 6) is -1.10. The van der Waals surface area contributed by atoms with E-state index in [1.54, 1.807) is 12.1 Å². The van der Waals surface area contributed by atoms with Gasteiger partial charge in [0.25, 0.3) is 0 Å². The van der Waals surface area contributed by atoms with Crippen LogP contribution in [0.2, 0.25) is 0 Å². The average molecular weight is 316 g/mol. The lowest BCUT2D eigenvalue weighted by atomic mass is 9.98. The van der Waals surface area contributed by atoms with Crippen LogP contribution in [0.25, 0.3) is 22.3 Å². The van der Waals surface area contributed by atoms with Crippen molar-refractivity contribution < 1.29 is 8.78 Å². The van der Waals surface area contributed by atoms with Crippen LogP contribution >= 0.6 is 0 Å². The molecule has 3 aromatic rings. The van der Waals surface area contributed by atoms with E-state index in [1.165, 1.54) is 24.3 Å². The molecule has 3 aromatic carbocycles. The Morgan fingerprint density at radius 2 is 0.875 bits per heavy atom. The minimum absolute atomic E-state index is 0.00577. The molecule has 0 aromatic heterocycles. The largest absolute Gasteiger partial charge is 0.206 e. The summed E-state index contributed by atoms with van der Waals surface area (Å²) >= 11 is 0. The first-order valence-corrected chi connectivity index (χ1v) is 7.12. The molecule has 0 heterocycles. The minimum atomic E-state index is -0.548. The van der Waals surface area contributed by atoms with Gasteiger partial charge in [0.05, 0.1) is 11.1 Å². The fourth-order valence-corrected chi connectivity index (χ4v) is 2.44. The summed E-state index contributed by atoms with van der Waals surface area (Å²) in [6, 6.07) is 19.7. The summed E-state index contributed by atoms with van der Waals surface area (Å²) in [6.45, 7) is 0. The van der Waals surface area contributed by atoms with Crippen molar-refractivity contribution in [3.05, 3.63) is 83.4 Å². The molecule has 0 fully saturated rings. The third kappa shape index (κ3) is 2.86. The second-order valence-electron chi connectivity index (χ2n) is 5.19. The van der Waals surface area contributed by atoms with Gasteiger partial charge in [-0.25, -0.2) is 8.78 Å². The topological polar surface area (TPSA) is 47.6 Å². The van der Waals surface area contributed by atoms with Crippen molar-refractivity contribution in [2.45, 2.75) is 0 Å². The minimum Gasteiger partial charge on any atom is -0.206 e. The van der Waals surface area contributed by atoms with Crippen molar-refractivity contribution in [1.29, 1.82) is 10.5 Å². The molecule has 0 unspecified atom stereocenters. The molecule has 0 saturated heterocycles. The number of benzene rings is 3. The molecule has 0 N–H and O–H groups in total. The zero-order valence-corrected chi connectivity index (χ0v) is 12.4. The molecule has 0 atom stereocenters. The van der Waals surface area contributed by atoms with Crippen LogP contribution in [0.15, 0.2) is 60.7 Å². The van der Waals surface area contributed by atoms with Crippen LogP contribution in [-0.2, 0) is 0 Å². The Bertz CT molecular complexity index is 911. The average Bonchev–Trinajstić information content (AvgIpc) is 2.63. The number of halogens is 2. The normalized spacial score (nSPS) is 10.0. The SMILES string of the molecule is N#Cc1cc(-c2ccc(-c3ccc(F)c(C#N)c3)cc2)ccc1F. The summed E-state index contributed by atoms with van der Waals surface area (Å²) in [7, 11) is 0. The van der Waals surface area contributed by atoms with Crippen LogP contribution in [0.3, 0.4) is 0 Å². The Kier molecular flexibility index (Phi) is 4.05. The molecule has 4 heteroatoms. The van der Waals surface area contributed by atoms with Crippen molar-refractivity contribution in [3.63, 3.8) is 0 Å². The molecule has 2 nitrogen and oxygen atoms in total. The molecule has 114 valence electrons. The fourth-order valence-electron chi connectivity index (χ4n) is 2.44. The molecule has 0 aliphatic carbocycles. The lowest BCUT2D eigenvalue weighted by molar-refractivity contribution is 0.623. The van der Waals surface area contributed by atoms with Crippen molar-refractivity contribution in [1.82, 2.24) is 0 Å². The fraction of sp³-hybridized carbons (Fsp3) is 0. The Hall–Kier alpha value is -3.50.